The number of anilines is 1. The second kappa shape index (κ2) is 11.1. The van der Waals surface area contributed by atoms with E-state index in [2.05, 4.69) is 10.4 Å². The van der Waals surface area contributed by atoms with Gasteiger partial charge in [-0.3, -0.25) is 9.59 Å². The molecule has 0 saturated carbocycles. The summed E-state index contributed by atoms with van der Waals surface area (Å²) in [5, 5.41) is 6.76. The molecular formula is C28H32N4O7. The van der Waals surface area contributed by atoms with Gasteiger partial charge in [0.25, 0.3) is 11.8 Å². The molecule has 11 nitrogen and oxygen atoms in total. The van der Waals surface area contributed by atoms with E-state index >= 15 is 0 Å². The van der Waals surface area contributed by atoms with Gasteiger partial charge in [-0.1, -0.05) is 0 Å². The van der Waals surface area contributed by atoms with Gasteiger partial charge in [0.05, 0.1) is 18.2 Å². The minimum Gasteiger partial charge on any atom is -0.491 e. The molecule has 206 valence electrons. The van der Waals surface area contributed by atoms with Crippen LogP contribution in [-0.4, -0.2) is 64.5 Å². The lowest BCUT2D eigenvalue weighted by Crippen LogP contribution is -2.27. The van der Waals surface area contributed by atoms with Crippen LogP contribution in [0.15, 0.2) is 48.7 Å². The Morgan fingerprint density at radius 3 is 2.51 bits per heavy atom. The zero-order chi connectivity index (χ0) is 28.3. The molecule has 4 rings (SSSR count). The number of rotatable bonds is 6. The fourth-order valence-electron chi connectivity index (χ4n) is 3.69. The van der Waals surface area contributed by atoms with Gasteiger partial charge in [0.2, 0.25) is 0 Å². The van der Waals surface area contributed by atoms with Crippen LogP contribution in [0.3, 0.4) is 0 Å². The lowest BCUT2D eigenvalue weighted by atomic mass is 10.1. The summed E-state index contributed by atoms with van der Waals surface area (Å²) in [6.45, 7) is 9.83. The minimum atomic E-state index is -0.686. The van der Waals surface area contributed by atoms with Gasteiger partial charge >= 0.3 is 6.09 Å². The number of amides is 2. The number of hydrogen-bond acceptors (Lipinski definition) is 8. The zero-order valence-electron chi connectivity index (χ0n) is 22.8. The third-order valence-electron chi connectivity index (χ3n) is 5.38. The number of aromatic nitrogens is 2. The number of nitrogens with one attached hydrogen (secondary N) is 1. The van der Waals surface area contributed by atoms with E-state index in [4.69, 9.17) is 18.9 Å². The van der Waals surface area contributed by atoms with Crippen molar-refractivity contribution >= 4 is 23.7 Å². The molecule has 0 atom stereocenters. The lowest BCUT2D eigenvalue weighted by Gasteiger charge is -2.18. The van der Waals surface area contributed by atoms with Crippen molar-refractivity contribution in [1.29, 1.82) is 0 Å². The summed E-state index contributed by atoms with van der Waals surface area (Å²) in [7, 11) is 1.72. The van der Waals surface area contributed by atoms with E-state index in [1.54, 1.807) is 69.1 Å². The fraction of sp³-hybridized carbons (Fsp3) is 0.357. The van der Waals surface area contributed by atoms with Gasteiger partial charge in [0.1, 0.15) is 35.2 Å². The van der Waals surface area contributed by atoms with Gasteiger partial charge in [-0.25, -0.2) is 4.79 Å². The molecule has 11 heteroatoms. The minimum absolute atomic E-state index is 0.130. The van der Waals surface area contributed by atoms with E-state index < -0.39 is 17.6 Å². The van der Waals surface area contributed by atoms with Gasteiger partial charge < -0.3 is 29.2 Å². The lowest BCUT2D eigenvalue weighted by molar-refractivity contribution is 0.0514. The van der Waals surface area contributed by atoms with Crippen LogP contribution in [0.1, 0.15) is 55.3 Å². The average Bonchev–Trinajstić information content (AvgIpc) is 3.25. The molecule has 0 bridgehead atoms. The fourth-order valence-corrected chi connectivity index (χ4v) is 3.69. The van der Waals surface area contributed by atoms with Gasteiger partial charge in [-0.05, 0) is 58.9 Å². The molecule has 2 aromatic carbocycles. The van der Waals surface area contributed by atoms with Crippen LogP contribution in [0.5, 0.6) is 23.0 Å². The normalized spacial score (nSPS) is 13.3. The molecule has 0 radical (unpaired) electrons. The smallest absolute Gasteiger partial charge is 0.435 e. The van der Waals surface area contributed by atoms with Crippen molar-refractivity contribution in [2.75, 3.05) is 25.5 Å². The number of benzene rings is 2. The van der Waals surface area contributed by atoms with E-state index in [1.807, 2.05) is 13.8 Å². The molecule has 3 aromatic rings. The molecule has 0 fully saturated rings. The topological polar surface area (TPSA) is 121 Å². The molecule has 1 aliphatic heterocycles. The highest BCUT2D eigenvalue weighted by molar-refractivity contribution is 6.04. The van der Waals surface area contributed by atoms with Crippen LogP contribution >= 0.6 is 0 Å². The van der Waals surface area contributed by atoms with Crippen molar-refractivity contribution in [1.82, 2.24) is 14.7 Å². The quantitative estimate of drug-likeness (QED) is 0.469. The van der Waals surface area contributed by atoms with Crippen LogP contribution in [-0.2, 0) is 4.74 Å². The Hall–Kier alpha value is -4.54. The van der Waals surface area contributed by atoms with Crippen LogP contribution in [0.2, 0.25) is 0 Å². The van der Waals surface area contributed by atoms with Gasteiger partial charge in [-0.15, -0.1) is 5.10 Å². The Kier molecular flexibility index (Phi) is 7.80. The molecule has 0 spiro atoms. The maximum absolute atomic E-state index is 13.1. The highest BCUT2D eigenvalue weighted by Crippen LogP contribution is 2.33. The Morgan fingerprint density at radius 1 is 1.05 bits per heavy atom. The SMILES string of the molecule is CC(C)Oc1cc(Oc2ccc3c(c2)OCCN(C)C3=O)cc(C(=O)Nc2ccn(C(=O)OC(C)(C)C)n2)c1. The highest BCUT2D eigenvalue weighted by atomic mass is 16.6. The molecular weight excluding hydrogens is 504 g/mol. The van der Waals surface area contributed by atoms with E-state index in [-0.39, 0.29) is 23.4 Å². The first-order valence-corrected chi connectivity index (χ1v) is 12.5. The van der Waals surface area contributed by atoms with Gasteiger partial charge in [0, 0.05) is 37.0 Å². The number of ether oxygens (including phenoxy) is 4. The summed E-state index contributed by atoms with van der Waals surface area (Å²) in [5.74, 6) is 1.17. The molecule has 0 unspecified atom stereocenters. The molecule has 1 N–H and O–H groups in total. The molecule has 1 aliphatic rings. The first-order valence-electron chi connectivity index (χ1n) is 12.5. The van der Waals surface area contributed by atoms with Crippen molar-refractivity contribution in [2.45, 2.75) is 46.3 Å². The van der Waals surface area contributed by atoms with Crippen molar-refractivity contribution in [3.63, 3.8) is 0 Å². The number of likely N-dealkylation sites (N-methyl/N-ethyl adjacent to an activating group) is 1. The maximum atomic E-state index is 13.1. The number of carbonyl (C=O) groups is 3. The summed E-state index contributed by atoms with van der Waals surface area (Å²) in [4.78, 5) is 39.5. The predicted molar refractivity (Wildman–Crippen MR) is 143 cm³/mol. The molecule has 0 saturated heterocycles. The average molecular weight is 537 g/mol. The Balaban J connectivity index is 1.55. The maximum Gasteiger partial charge on any atom is 0.435 e. The molecule has 1 aromatic heterocycles. The van der Waals surface area contributed by atoms with Gasteiger partial charge in [0.15, 0.2) is 5.82 Å². The van der Waals surface area contributed by atoms with Crippen LogP contribution in [0, 0.1) is 0 Å². The Morgan fingerprint density at radius 2 is 1.79 bits per heavy atom. The number of fused-ring (bicyclic) bond motifs is 1. The highest BCUT2D eigenvalue weighted by Gasteiger charge is 2.22. The predicted octanol–water partition coefficient (Wildman–Crippen LogP) is 4.96. The molecule has 2 amide bonds. The summed E-state index contributed by atoms with van der Waals surface area (Å²) < 4.78 is 23.9. The summed E-state index contributed by atoms with van der Waals surface area (Å²) in [5.41, 5.74) is 0.0116. The summed E-state index contributed by atoms with van der Waals surface area (Å²) in [6, 6.07) is 11.3. The largest absolute Gasteiger partial charge is 0.491 e. The monoisotopic (exact) mass is 536 g/mol. The Labute approximate surface area is 226 Å². The Bertz CT molecular complexity index is 1390. The number of carbonyl (C=O) groups excluding carboxylic acids is 3. The van der Waals surface area contributed by atoms with E-state index in [0.29, 0.717) is 41.7 Å². The standard InChI is InChI=1S/C28H32N4O7/c1-17(2)37-20-13-18(25(33)29-24-9-10-32(30-24)27(35)39-28(3,4)5)14-21(15-20)38-19-7-8-22-23(16-19)36-12-11-31(6)26(22)34/h7-10,13-17H,11-12H2,1-6H3,(H,29,30,33). The first kappa shape index (κ1) is 27.5. The van der Waals surface area contributed by atoms with Crippen LogP contribution in [0.25, 0.3) is 0 Å². The zero-order valence-corrected chi connectivity index (χ0v) is 22.8. The summed E-state index contributed by atoms with van der Waals surface area (Å²) in [6.07, 6.45) is 0.591. The van der Waals surface area contributed by atoms with Crippen molar-refractivity contribution in [3.8, 4) is 23.0 Å². The molecule has 0 aliphatic carbocycles. The number of nitrogens with zero attached hydrogens (tertiary/aromatic N) is 3. The first-order chi connectivity index (χ1) is 18.4. The van der Waals surface area contributed by atoms with Crippen LogP contribution < -0.4 is 19.5 Å². The third kappa shape index (κ3) is 7.07. The summed E-state index contributed by atoms with van der Waals surface area (Å²) >= 11 is 0. The van der Waals surface area contributed by atoms with E-state index in [0.717, 1.165) is 4.68 Å². The van der Waals surface area contributed by atoms with Crippen molar-refractivity contribution < 1.29 is 33.3 Å². The van der Waals surface area contributed by atoms with E-state index in [9.17, 15) is 14.4 Å². The second-order valence-corrected chi connectivity index (χ2v) is 10.3. The third-order valence-corrected chi connectivity index (χ3v) is 5.38. The van der Waals surface area contributed by atoms with Gasteiger partial charge in [-0.2, -0.15) is 4.68 Å². The number of hydrogen-bond donors (Lipinski definition) is 1. The van der Waals surface area contributed by atoms with Crippen LogP contribution in [0.4, 0.5) is 10.6 Å². The molecule has 39 heavy (non-hydrogen) atoms. The van der Waals surface area contributed by atoms with Crippen molar-refractivity contribution in [2.24, 2.45) is 0 Å². The molecule has 2 heterocycles. The van der Waals surface area contributed by atoms with Crippen molar-refractivity contribution in [3.05, 3.63) is 59.8 Å². The second-order valence-electron chi connectivity index (χ2n) is 10.3. The van der Waals surface area contributed by atoms with E-state index in [1.165, 1.54) is 12.3 Å².